The molecule has 0 spiro atoms. The molecule has 1 heterocycles. The summed E-state index contributed by atoms with van der Waals surface area (Å²) in [4.78, 5) is 2.05. The Morgan fingerprint density at radius 2 is 2.64 bits per heavy atom. The monoisotopic (exact) mass is 157 g/mol. The highest BCUT2D eigenvalue weighted by atomic mass is 16.4. The Kier molecular flexibility index (Phi) is 3.86. The summed E-state index contributed by atoms with van der Waals surface area (Å²) in [6, 6.07) is 0.190. The molecule has 4 nitrogen and oxygen atoms in total. The molecule has 0 amide bonds. The third-order valence-corrected chi connectivity index (χ3v) is 1.76. The van der Waals surface area contributed by atoms with E-state index in [4.69, 9.17) is 9.76 Å². The first-order chi connectivity index (χ1) is 5.36. The molecule has 0 aromatic carbocycles. The van der Waals surface area contributed by atoms with Crippen LogP contribution in [0.5, 0.6) is 0 Å². The van der Waals surface area contributed by atoms with Crippen LogP contribution in [0.15, 0.2) is 0 Å². The van der Waals surface area contributed by atoms with Gasteiger partial charge in [0.25, 0.3) is 0 Å². The SMILES string of the molecule is CO[B]N1CCNC(CO)C1. The van der Waals surface area contributed by atoms with Crippen LogP contribution in [0.2, 0.25) is 0 Å². The summed E-state index contributed by atoms with van der Waals surface area (Å²) in [5.74, 6) is 0. The maximum atomic E-state index is 8.83. The van der Waals surface area contributed by atoms with E-state index in [-0.39, 0.29) is 12.6 Å². The van der Waals surface area contributed by atoms with Crippen molar-refractivity contribution in [2.45, 2.75) is 6.04 Å². The van der Waals surface area contributed by atoms with Crippen LogP contribution in [0, 0.1) is 0 Å². The molecule has 11 heavy (non-hydrogen) atoms. The molecular weight excluding hydrogens is 143 g/mol. The molecule has 5 heteroatoms. The van der Waals surface area contributed by atoms with Gasteiger partial charge in [-0.3, -0.25) is 0 Å². The van der Waals surface area contributed by atoms with Gasteiger partial charge in [-0.2, -0.15) is 0 Å². The lowest BCUT2D eigenvalue weighted by Crippen LogP contribution is -2.53. The topological polar surface area (TPSA) is 44.7 Å². The molecule has 1 radical (unpaired) electrons. The summed E-state index contributed by atoms with van der Waals surface area (Å²) in [5, 5.41) is 12.0. The Bertz CT molecular complexity index is 113. The van der Waals surface area contributed by atoms with E-state index in [0.29, 0.717) is 0 Å². The van der Waals surface area contributed by atoms with Crippen LogP contribution in [0.4, 0.5) is 0 Å². The van der Waals surface area contributed by atoms with Crippen LogP contribution >= 0.6 is 0 Å². The molecular formula is C6H14BN2O2. The van der Waals surface area contributed by atoms with E-state index in [1.54, 1.807) is 14.7 Å². The second-order valence-electron chi connectivity index (χ2n) is 2.67. The van der Waals surface area contributed by atoms with Crippen molar-refractivity contribution in [3.63, 3.8) is 0 Å². The first kappa shape index (κ1) is 9.00. The number of aliphatic hydroxyl groups excluding tert-OH is 1. The number of nitrogens with zero attached hydrogens (tertiary/aromatic N) is 1. The maximum Gasteiger partial charge on any atom is 0.398 e. The third kappa shape index (κ3) is 2.79. The molecule has 63 valence electrons. The fourth-order valence-corrected chi connectivity index (χ4v) is 1.22. The summed E-state index contributed by atoms with van der Waals surface area (Å²) >= 11 is 0. The Morgan fingerprint density at radius 1 is 1.82 bits per heavy atom. The van der Waals surface area contributed by atoms with Crippen LogP contribution in [-0.2, 0) is 4.65 Å². The summed E-state index contributed by atoms with van der Waals surface area (Å²) in [7, 11) is 3.33. The molecule has 0 aromatic heterocycles. The molecule has 1 aliphatic heterocycles. The molecule has 1 unspecified atom stereocenters. The molecule has 1 rings (SSSR count). The fourth-order valence-electron chi connectivity index (χ4n) is 1.22. The van der Waals surface area contributed by atoms with Crippen molar-refractivity contribution < 1.29 is 9.76 Å². The zero-order valence-electron chi connectivity index (χ0n) is 6.79. The summed E-state index contributed by atoms with van der Waals surface area (Å²) in [6.45, 7) is 2.87. The van der Waals surface area contributed by atoms with Gasteiger partial charge in [0.2, 0.25) is 0 Å². The van der Waals surface area contributed by atoms with Crippen molar-refractivity contribution in [2.75, 3.05) is 33.4 Å². The smallest absolute Gasteiger partial charge is 0.398 e. The summed E-state index contributed by atoms with van der Waals surface area (Å²) in [5.41, 5.74) is 0. The highest BCUT2D eigenvalue weighted by Gasteiger charge is 2.18. The molecule has 1 fully saturated rings. The van der Waals surface area contributed by atoms with Gasteiger partial charge in [0, 0.05) is 32.8 Å². The molecule has 0 saturated carbocycles. The Balaban J connectivity index is 2.21. The minimum absolute atomic E-state index is 0.189. The Labute approximate surface area is 67.8 Å². The second kappa shape index (κ2) is 4.72. The van der Waals surface area contributed by atoms with Crippen LogP contribution < -0.4 is 5.32 Å². The average molecular weight is 157 g/mol. The second-order valence-corrected chi connectivity index (χ2v) is 2.67. The average Bonchev–Trinajstić information content (AvgIpc) is 2.06. The summed E-state index contributed by atoms with van der Waals surface area (Å²) in [6.07, 6.45) is 0. The highest BCUT2D eigenvalue weighted by Crippen LogP contribution is 1.95. The minimum Gasteiger partial charge on any atom is -0.427 e. The number of aliphatic hydroxyl groups is 1. The number of hydrogen-bond donors (Lipinski definition) is 2. The molecule has 0 aliphatic carbocycles. The molecule has 0 bridgehead atoms. The maximum absolute atomic E-state index is 8.83. The molecule has 1 atom stereocenters. The zero-order valence-corrected chi connectivity index (χ0v) is 6.79. The third-order valence-electron chi connectivity index (χ3n) is 1.76. The molecule has 2 N–H and O–H groups in total. The fraction of sp³-hybridized carbons (Fsp3) is 1.00. The highest BCUT2D eigenvalue weighted by molar-refractivity contribution is 6.23. The molecule has 1 aliphatic rings. The van der Waals surface area contributed by atoms with Crippen molar-refractivity contribution in [3.8, 4) is 0 Å². The predicted molar refractivity (Wildman–Crippen MR) is 43.2 cm³/mol. The van der Waals surface area contributed by atoms with Gasteiger partial charge in [0.1, 0.15) is 0 Å². The largest absolute Gasteiger partial charge is 0.427 e. The molecule has 0 aromatic rings. The Hall–Kier alpha value is -0.0951. The normalized spacial score (nSPS) is 26.9. The predicted octanol–water partition coefficient (Wildman–Crippen LogP) is -1.57. The van der Waals surface area contributed by atoms with Crippen molar-refractivity contribution in [1.82, 2.24) is 10.1 Å². The lowest BCUT2D eigenvalue weighted by molar-refractivity contribution is 0.186. The van der Waals surface area contributed by atoms with Crippen molar-refractivity contribution >= 4 is 7.62 Å². The van der Waals surface area contributed by atoms with Crippen LogP contribution in [0.25, 0.3) is 0 Å². The lowest BCUT2D eigenvalue weighted by atomic mass is 10.1. The lowest BCUT2D eigenvalue weighted by Gasteiger charge is -2.31. The van der Waals surface area contributed by atoms with Gasteiger partial charge in [0.05, 0.1) is 6.61 Å². The first-order valence-electron chi connectivity index (χ1n) is 3.81. The van der Waals surface area contributed by atoms with E-state index in [2.05, 4.69) is 10.1 Å². The quantitative estimate of drug-likeness (QED) is 0.486. The zero-order chi connectivity index (χ0) is 8.10. The summed E-state index contributed by atoms with van der Waals surface area (Å²) < 4.78 is 4.87. The Morgan fingerprint density at radius 3 is 3.27 bits per heavy atom. The van der Waals surface area contributed by atoms with Gasteiger partial charge >= 0.3 is 7.62 Å². The number of piperazine rings is 1. The van der Waals surface area contributed by atoms with Crippen LogP contribution in [0.1, 0.15) is 0 Å². The standard InChI is InChI=1S/C6H14BN2O2/c1-11-7-9-3-2-8-6(4-9)5-10/h6,8,10H,2-5H2,1H3. The van der Waals surface area contributed by atoms with Gasteiger partial charge in [-0.1, -0.05) is 0 Å². The van der Waals surface area contributed by atoms with E-state index in [0.717, 1.165) is 19.6 Å². The minimum atomic E-state index is 0.189. The van der Waals surface area contributed by atoms with Gasteiger partial charge in [0.15, 0.2) is 0 Å². The van der Waals surface area contributed by atoms with Crippen molar-refractivity contribution in [3.05, 3.63) is 0 Å². The van der Waals surface area contributed by atoms with Crippen LogP contribution in [-0.4, -0.2) is 56.9 Å². The number of nitrogens with one attached hydrogen (secondary N) is 1. The molecule has 1 saturated heterocycles. The number of hydrogen-bond acceptors (Lipinski definition) is 4. The van der Waals surface area contributed by atoms with Crippen molar-refractivity contribution in [1.29, 1.82) is 0 Å². The van der Waals surface area contributed by atoms with E-state index in [9.17, 15) is 0 Å². The van der Waals surface area contributed by atoms with E-state index in [1.807, 2.05) is 0 Å². The van der Waals surface area contributed by atoms with Crippen molar-refractivity contribution in [2.24, 2.45) is 0 Å². The van der Waals surface area contributed by atoms with Gasteiger partial charge in [-0.05, 0) is 0 Å². The van der Waals surface area contributed by atoms with Crippen LogP contribution in [0.3, 0.4) is 0 Å². The number of rotatable bonds is 3. The van der Waals surface area contributed by atoms with E-state index in [1.165, 1.54) is 0 Å². The van der Waals surface area contributed by atoms with E-state index >= 15 is 0 Å². The van der Waals surface area contributed by atoms with Gasteiger partial charge < -0.3 is 19.9 Å². The van der Waals surface area contributed by atoms with Gasteiger partial charge in [-0.15, -0.1) is 0 Å². The van der Waals surface area contributed by atoms with E-state index < -0.39 is 0 Å². The first-order valence-corrected chi connectivity index (χ1v) is 3.81. The van der Waals surface area contributed by atoms with Gasteiger partial charge in [-0.25, -0.2) is 0 Å².